The number of nitrogens with one attached hydrogen (secondary N) is 2. The summed E-state index contributed by atoms with van der Waals surface area (Å²) >= 11 is 0. The summed E-state index contributed by atoms with van der Waals surface area (Å²) in [6.07, 6.45) is 6.74. The zero-order chi connectivity index (χ0) is 14.5. The highest BCUT2D eigenvalue weighted by Gasteiger charge is 1.95. The van der Waals surface area contributed by atoms with Gasteiger partial charge in [-0.15, -0.1) is 0 Å². The summed E-state index contributed by atoms with van der Waals surface area (Å²) in [7, 11) is 0. The first kappa shape index (κ1) is 17.5. The molecule has 2 amide bonds. The predicted molar refractivity (Wildman–Crippen MR) is 80.0 cm³/mol. The number of rotatable bonds is 10. The van der Waals surface area contributed by atoms with Gasteiger partial charge in [-0.1, -0.05) is 25.7 Å². The average molecular weight is 271 g/mol. The molecule has 112 valence electrons. The topological polar surface area (TPSA) is 106 Å². The molecule has 0 aromatic carbocycles. The van der Waals surface area contributed by atoms with Gasteiger partial charge in [0.2, 0.25) is 0 Å². The lowest BCUT2D eigenvalue weighted by Gasteiger charge is -2.08. The van der Waals surface area contributed by atoms with Crippen LogP contribution in [0.3, 0.4) is 0 Å². The van der Waals surface area contributed by atoms with Crippen molar-refractivity contribution in [3.05, 3.63) is 0 Å². The maximum Gasteiger partial charge on any atom is 0.312 e. The molecule has 0 aromatic rings. The summed E-state index contributed by atoms with van der Waals surface area (Å²) in [6, 6.07) is -0.108. The van der Waals surface area contributed by atoms with Crippen LogP contribution in [0, 0.1) is 0 Å². The first-order valence-corrected chi connectivity index (χ1v) is 7.12. The van der Waals surface area contributed by atoms with Crippen molar-refractivity contribution < 1.29 is 4.79 Å². The van der Waals surface area contributed by atoms with E-state index in [0.29, 0.717) is 18.5 Å². The number of primary amides is 1. The van der Waals surface area contributed by atoms with Crippen LogP contribution in [0.4, 0.5) is 4.79 Å². The van der Waals surface area contributed by atoms with Crippen LogP contribution in [-0.4, -0.2) is 31.1 Å². The van der Waals surface area contributed by atoms with Crippen LogP contribution >= 0.6 is 0 Å². The number of nitrogens with zero attached hydrogens (tertiary/aromatic N) is 1. The zero-order valence-corrected chi connectivity index (χ0v) is 12.2. The standard InChI is InChI=1S/C13H29N5O/c1-11(2)18-12(14)16-9-7-5-3-4-6-8-10-17-13(15)19/h11H,3-10H2,1-2H3,(H3,14,16,18)(H3,15,17,19). The first-order chi connectivity index (χ1) is 9.02. The monoisotopic (exact) mass is 271 g/mol. The smallest absolute Gasteiger partial charge is 0.312 e. The number of guanidine groups is 1. The Hall–Kier alpha value is -1.46. The zero-order valence-electron chi connectivity index (χ0n) is 12.2. The summed E-state index contributed by atoms with van der Waals surface area (Å²) in [5.74, 6) is 0.535. The number of amides is 2. The molecular formula is C13H29N5O. The Labute approximate surface area is 116 Å². The van der Waals surface area contributed by atoms with Crippen molar-refractivity contribution in [2.24, 2.45) is 16.5 Å². The number of hydrogen-bond acceptors (Lipinski definition) is 2. The fourth-order valence-corrected chi connectivity index (χ4v) is 1.70. The lowest BCUT2D eigenvalue weighted by molar-refractivity contribution is 0.248. The second-order valence-electron chi connectivity index (χ2n) is 4.98. The molecule has 0 saturated heterocycles. The van der Waals surface area contributed by atoms with Crippen molar-refractivity contribution in [3.8, 4) is 0 Å². The van der Waals surface area contributed by atoms with E-state index in [4.69, 9.17) is 11.5 Å². The van der Waals surface area contributed by atoms with Crippen molar-refractivity contribution in [2.45, 2.75) is 58.4 Å². The minimum absolute atomic E-state index is 0.331. The number of unbranched alkanes of at least 4 members (excludes halogenated alkanes) is 5. The van der Waals surface area contributed by atoms with Gasteiger partial charge in [0.05, 0.1) is 0 Å². The molecule has 0 aliphatic carbocycles. The third-order valence-corrected chi connectivity index (χ3v) is 2.60. The highest BCUT2D eigenvalue weighted by atomic mass is 16.2. The van der Waals surface area contributed by atoms with Crippen LogP contribution in [0.2, 0.25) is 0 Å². The number of hydrogen-bond donors (Lipinski definition) is 4. The van der Waals surface area contributed by atoms with Gasteiger partial charge in [-0.25, -0.2) is 4.79 Å². The molecule has 6 N–H and O–H groups in total. The Morgan fingerprint density at radius 3 is 2.21 bits per heavy atom. The van der Waals surface area contributed by atoms with Crippen LogP contribution in [0.5, 0.6) is 0 Å². The lowest BCUT2D eigenvalue weighted by Crippen LogP contribution is -2.36. The maximum absolute atomic E-state index is 10.4. The molecule has 6 nitrogen and oxygen atoms in total. The number of nitrogens with two attached hydrogens (primary N) is 2. The van der Waals surface area contributed by atoms with Crippen LogP contribution in [0.15, 0.2) is 4.99 Å². The number of urea groups is 1. The van der Waals surface area contributed by atoms with Gasteiger partial charge in [-0.05, 0) is 26.7 Å². The minimum Gasteiger partial charge on any atom is -0.370 e. The van der Waals surface area contributed by atoms with Gasteiger partial charge >= 0.3 is 6.03 Å². The van der Waals surface area contributed by atoms with E-state index in [-0.39, 0.29) is 0 Å². The summed E-state index contributed by atoms with van der Waals surface area (Å²) in [6.45, 7) is 5.54. The normalized spacial score (nSPS) is 11.6. The summed E-state index contributed by atoms with van der Waals surface area (Å²) in [4.78, 5) is 14.7. The Morgan fingerprint density at radius 2 is 1.63 bits per heavy atom. The second kappa shape index (κ2) is 11.6. The highest BCUT2D eigenvalue weighted by molar-refractivity contribution is 5.78. The predicted octanol–water partition coefficient (Wildman–Crippen LogP) is 1.31. The maximum atomic E-state index is 10.4. The largest absolute Gasteiger partial charge is 0.370 e. The van der Waals surface area contributed by atoms with Gasteiger partial charge in [0.25, 0.3) is 0 Å². The van der Waals surface area contributed by atoms with E-state index < -0.39 is 6.03 Å². The molecule has 0 aliphatic heterocycles. The fourth-order valence-electron chi connectivity index (χ4n) is 1.70. The van der Waals surface area contributed by atoms with Crippen molar-refractivity contribution in [1.82, 2.24) is 10.6 Å². The molecule has 0 bridgehead atoms. The Bertz CT molecular complexity index is 266. The van der Waals surface area contributed by atoms with Gasteiger partial charge in [0.1, 0.15) is 0 Å². The second-order valence-corrected chi connectivity index (χ2v) is 4.98. The number of aliphatic imine (C=N–C) groups is 1. The highest BCUT2D eigenvalue weighted by Crippen LogP contribution is 2.04. The Kier molecular flexibility index (Phi) is 10.7. The third kappa shape index (κ3) is 14.5. The molecule has 0 unspecified atom stereocenters. The SMILES string of the molecule is CC(C)NC(N)=NCCCCCCCCNC(N)=O. The van der Waals surface area contributed by atoms with E-state index in [1.165, 1.54) is 19.3 Å². The molecule has 0 heterocycles. The molecule has 0 radical (unpaired) electrons. The van der Waals surface area contributed by atoms with E-state index in [2.05, 4.69) is 15.6 Å². The van der Waals surface area contributed by atoms with Crippen LogP contribution in [0.25, 0.3) is 0 Å². The molecule has 0 rings (SSSR count). The van der Waals surface area contributed by atoms with Crippen LogP contribution in [-0.2, 0) is 0 Å². The van der Waals surface area contributed by atoms with Crippen molar-refractivity contribution >= 4 is 12.0 Å². The third-order valence-electron chi connectivity index (χ3n) is 2.60. The van der Waals surface area contributed by atoms with Gasteiger partial charge < -0.3 is 22.1 Å². The molecule has 0 saturated carbocycles. The van der Waals surface area contributed by atoms with Crippen molar-refractivity contribution in [1.29, 1.82) is 0 Å². The molecule has 19 heavy (non-hydrogen) atoms. The van der Waals surface area contributed by atoms with Gasteiger partial charge in [0.15, 0.2) is 5.96 Å². The first-order valence-electron chi connectivity index (χ1n) is 7.12. The lowest BCUT2D eigenvalue weighted by atomic mass is 10.1. The Balaban J connectivity index is 3.25. The molecule has 0 fully saturated rings. The van der Waals surface area contributed by atoms with E-state index in [1.54, 1.807) is 0 Å². The fraction of sp³-hybridized carbons (Fsp3) is 0.846. The molecule has 6 heteroatoms. The number of carbonyl (C=O) groups is 1. The molecular weight excluding hydrogens is 242 g/mol. The van der Waals surface area contributed by atoms with E-state index in [9.17, 15) is 4.79 Å². The van der Waals surface area contributed by atoms with Gasteiger partial charge in [0, 0.05) is 19.1 Å². The van der Waals surface area contributed by atoms with Crippen molar-refractivity contribution in [2.75, 3.05) is 13.1 Å². The average Bonchev–Trinajstić information content (AvgIpc) is 2.30. The summed E-state index contributed by atoms with van der Waals surface area (Å²) in [5, 5.41) is 5.65. The van der Waals surface area contributed by atoms with Gasteiger partial charge in [-0.2, -0.15) is 0 Å². The van der Waals surface area contributed by atoms with Crippen molar-refractivity contribution in [3.63, 3.8) is 0 Å². The minimum atomic E-state index is -0.439. The van der Waals surface area contributed by atoms with Crippen LogP contribution < -0.4 is 22.1 Å². The summed E-state index contributed by atoms with van der Waals surface area (Å²) < 4.78 is 0. The van der Waals surface area contributed by atoms with E-state index >= 15 is 0 Å². The Morgan fingerprint density at radius 1 is 1.05 bits per heavy atom. The van der Waals surface area contributed by atoms with Gasteiger partial charge in [-0.3, -0.25) is 4.99 Å². The number of carbonyl (C=O) groups excluding carboxylic acids is 1. The van der Waals surface area contributed by atoms with E-state index in [0.717, 1.165) is 25.8 Å². The van der Waals surface area contributed by atoms with Crippen LogP contribution in [0.1, 0.15) is 52.4 Å². The van der Waals surface area contributed by atoms with E-state index in [1.807, 2.05) is 13.8 Å². The summed E-state index contributed by atoms with van der Waals surface area (Å²) in [5.41, 5.74) is 10.7. The molecule has 0 aromatic heterocycles. The molecule has 0 atom stereocenters. The molecule has 0 aliphatic rings. The molecule has 0 spiro atoms. The quantitative estimate of drug-likeness (QED) is 0.273.